The van der Waals surface area contributed by atoms with Gasteiger partial charge in [-0.1, -0.05) is 103 Å². The Kier molecular flexibility index (Phi) is 5.91. The highest BCUT2D eigenvalue weighted by Crippen LogP contribution is 2.49. The van der Waals surface area contributed by atoms with Gasteiger partial charge in [0.05, 0.1) is 0 Å². The van der Waals surface area contributed by atoms with Gasteiger partial charge in [0.25, 0.3) is 0 Å². The molecule has 1 aliphatic rings. The van der Waals surface area contributed by atoms with Gasteiger partial charge in [-0.2, -0.15) is 0 Å². The number of hydrogen-bond donors (Lipinski definition) is 2. The van der Waals surface area contributed by atoms with E-state index in [-0.39, 0.29) is 5.41 Å². The van der Waals surface area contributed by atoms with E-state index in [0.717, 1.165) is 35.3 Å². The molecule has 0 aromatic heterocycles. The highest BCUT2D eigenvalue weighted by molar-refractivity contribution is 5.74. The summed E-state index contributed by atoms with van der Waals surface area (Å²) in [6, 6.07) is 30.5. The molecule has 0 radical (unpaired) electrons. The van der Waals surface area contributed by atoms with Crippen LogP contribution in [0.4, 0.5) is 11.4 Å². The molecular formula is C32H34N2. The summed E-state index contributed by atoms with van der Waals surface area (Å²) in [5.74, 6) is 0. The summed E-state index contributed by atoms with van der Waals surface area (Å²) in [5.41, 5.74) is 24.8. The molecule has 4 aromatic carbocycles. The Morgan fingerprint density at radius 3 is 1.26 bits per heavy atom. The summed E-state index contributed by atoms with van der Waals surface area (Å²) in [6.45, 7) is 4.23. The van der Waals surface area contributed by atoms with Crippen molar-refractivity contribution in [2.45, 2.75) is 51.4 Å². The molecule has 0 aliphatic heterocycles. The van der Waals surface area contributed by atoms with Gasteiger partial charge in [0.15, 0.2) is 0 Å². The maximum absolute atomic E-state index is 6.79. The lowest BCUT2D eigenvalue weighted by atomic mass is 9.64. The van der Waals surface area contributed by atoms with E-state index in [1.54, 1.807) is 0 Å². The molecule has 4 aromatic rings. The quantitative estimate of drug-likeness (QED) is 0.312. The lowest BCUT2D eigenvalue weighted by Crippen LogP contribution is -2.32. The Morgan fingerprint density at radius 1 is 0.500 bits per heavy atom. The van der Waals surface area contributed by atoms with Gasteiger partial charge >= 0.3 is 0 Å². The van der Waals surface area contributed by atoms with Gasteiger partial charge < -0.3 is 11.5 Å². The minimum absolute atomic E-state index is 0.135. The van der Waals surface area contributed by atoms with Crippen LogP contribution in [0.1, 0.15) is 54.4 Å². The first-order chi connectivity index (χ1) is 16.5. The maximum Gasteiger partial charge on any atom is 0.0361 e. The van der Waals surface area contributed by atoms with Crippen molar-refractivity contribution in [3.8, 4) is 22.3 Å². The molecule has 5 rings (SSSR count). The first-order valence-electron chi connectivity index (χ1n) is 12.4. The van der Waals surface area contributed by atoms with E-state index in [2.05, 4.69) is 98.8 Å². The van der Waals surface area contributed by atoms with Crippen LogP contribution in [0, 0.1) is 13.8 Å². The first-order valence-corrected chi connectivity index (χ1v) is 12.4. The molecule has 1 saturated carbocycles. The molecular weight excluding hydrogens is 412 g/mol. The van der Waals surface area contributed by atoms with Crippen molar-refractivity contribution in [3.63, 3.8) is 0 Å². The van der Waals surface area contributed by atoms with Gasteiger partial charge in [0, 0.05) is 16.8 Å². The molecule has 0 bridgehead atoms. The van der Waals surface area contributed by atoms with Crippen LogP contribution in [0.15, 0.2) is 84.9 Å². The van der Waals surface area contributed by atoms with Gasteiger partial charge in [-0.25, -0.2) is 0 Å². The second-order valence-electron chi connectivity index (χ2n) is 9.98. The summed E-state index contributed by atoms with van der Waals surface area (Å²) in [5, 5.41) is 0. The van der Waals surface area contributed by atoms with E-state index in [4.69, 9.17) is 11.5 Å². The van der Waals surface area contributed by atoms with Crippen LogP contribution in [0.5, 0.6) is 0 Å². The molecule has 0 unspecified atom stereocenters. The molecule has 34 heavy (non-hydrogen) atoms. The maximum atomic E-state index is 6.79. The molecule has 1 aliphatic carbocycles. The van der Waals surface area contributed by atoms with Crippen LogP contribution >= 0.6 is 0 Å². The Bertz CT molecular complexity index is 1200. The molecule has 0 saturated heterocycles. The number of nitrogens with two attached hydrogens (primary N) is 2. The topological polar surface area (TPSA) is 52.0 Å². The molecule has 1 fully saturated rings. The Morgan fingerprint density at radius 2 is 0.882 bits per heavy atom. The van der Waals surface area contributed by atoms with Crippen LogP contribution < -0.4 is 11.5 Å². The monoisotopic (exact) mass is 446 g/mol. The molecule has 2 nitrogen and oxygen atoms in total. The fourth-order valence-corrected chi connectivity index (χ4v) is 5.69. The van der Waals surface area contributed by atoms with Gasteiger partial charge in [-0.3, -0.25) is 0 Å². The van der Waals surface area contributed by atoms with Crippen LogP contribution in [-0.2, 0) is 5.41 Å². The van der Waals surface area contributed by atoms with Crippen molar-refractivity contribution in [2.24, 2.45) is 0 Å². The van der Waals surface area contributed by atoms with E-state index >= 15 is 0 Å². The number of hydrogen-bond acceptors (Lipinski definition) is 2. The van der Waals surface area contributed by atoms with Crippen LogP contribution in [0.25, 0.3) is 22.3 Å². The average molecular weight is 447 g/mol. The van der Waals surface area contributed by atoms with Crippen molar-refractivity contribution in [3.05, 3.63) is 107 Å². The Balaban J connectivity index is 1.57. The van der Waals surface area contributed by atoms with E-state index < -0.39 is 0 Å². The van der Waals surface area contributed by atoms with Crippen molar-refractivity contribution < 1.29 is 0 Å². The van der Waals surface area contributed by atoms with E-state index in [1.807, 2.05) is 0 Å². The molecule has 172 valence electrons. The van der Waals surface area contributed by atoms with E-state index in [0.29, 0.717) is 0 Å². The summed E-state index contributed by atoms with van der Waals surface area (Å²) in [6.07, 6.45) is 5.81. The molecule has 4 N–H and O–H groups in total. The number of benzene rings is 4. The largest absolute Gasteiger partial charge is 0.398 e. The summed E-state index contributed by atoms with van der Waals surface area (Å²) in [7, 11) is 0. The minimum atomic E-state index is -0.135. The SMILES string of the molecule is Cc1ccc(-c2ccc(C3(c4ccc(-c5ccc(C)cc5)cc4N)CCCCC3)c(N)c2)cc1. The fraction of sp³-hybridized carbons (Fsp3) is 0.250. The Hall–Kier alpha value is -3.52. The highest BCUT2D eigenvalue weighted by atomic mass is 14.6. The fourth-order valence-electron chi connectivity index (χ4n) is 5.69. The average Bonchev–Trinajstić information content (AvgIpc) is 2.85. The van der Waals surface area contributed by atoms with Crippen molar-refractivity contribution in [2.75, 3.05) is 11.5 Å². The number of anilines is 2. The Labute approximate surface area is 203 Å². The predicted molar refractivity (Wildman–Crippen MR) is 146 cm³/mol. The lowest BCUT2D eigenvalue weighted by molar-refractivity contribution is 0.348. The van der Waals surface area contributed by atoms with Crippen LogP contribution in [0.2, 0.25) is 0 Å². The number of nitrogen functional groups attached to an aromatic ring is 2. The van der Waals surface area contributed by atoms with E-state index in [9.17, 15) is 0 Å². The van der Waals surface area contributed by atoms with Gasteiger partial charge in [0.2, 0.25) is 0 Å². The lowest BCUT2D eigenvalue weighted by Gasteiger charge is -2.40. The standard InChI is InChI=1S/C32H34N2/c1-22-6-10-24(11-7-22)26-14-16-28(30(33)20-26)32(18-4-3-5-19-32)29-17-15-27(21-31(29)34)25-12-8-23(2)9-13-25/h6-17,20-21H,3-5,18-19,33-34H2,1-2H3. The van der Waals surface area contributed by atoms with Gasteiger partial charge in [-0.05, 0) is 72.2 Å². The number of rotatable bonds is 4. The first kappa shape index (κ1) is 22.3. The zero-order valence-corrected chi connectivity index (χ0v) is 20.3. The molecule has 0 heterocycles. The molecule has 0 atom stereocenters. The third kappa shape index (κ3) is 4.09. The predicted octanol–water partition coefficient (Wildman–Crippen LogP) is 8.05. The van der Waals surface area contributed by atoms with Crippen molar-refractivity contribution >= 4 is 11.4 Å². The zero-order valence-electron chi connectivity index (χ0n) is 20.3. The smallest absolute Gasteiger partial charge is 0.0361 e. The minimum Gasteiger partial charge on any atom is -0.398 e. The summed E-state index contributed by atoms with van der Waals surface area (Å²) in [4.78, 5) is 0. The van der Waals surface area contributed by atoms with E-state index in [1.165, 1.54) is 52.6 Å². The summed E-state index contributed by atoms with van der Waals surface area (Å²) >= 11 is 0. The third-order valence-electron chi connectivity index (χ3n) is 7.61. The second kappa shape index (κ2) is 9.02. The molecule has 2 heteroatoms. The van der Waals surface area contributed by atoms with Crippen molar-refractivity contribution in [1.82, 2.24) is 0 Å². The number of aryl methyl sites for hydroxylation is 2. The van der Waals surface area contributed by atoms with Crippen LogP contribution in [-0.4, -0.2) is 0 Å². The van der Waals surface area contributed by atoms with Crippen LogP contribution in [0.3, 0.4) is 0 Å². The molecule has 0 spiro atoms. The normalized spacial score (nSPS) is 15.2. The molecule has 0 amide bonds. The third-order valence-corrected chi connectivity index (χ3v) is 7.61. The van der Waals surface area contributed by atoms with Gasteiger partial charge in [-0.15, -0.1) is 0 Å². The highest BCUT2D eigenvalue weighted by Gasteiger charge is 2.38. The van der Waals surface area contributed by atoms with Gasteiger partial charge in [0.1, 0.15) is 0 Å². The van der Waals surface area contributed by atoms with Crippen molar-refractivity contribution in [1.29, 1.82) is 0 Å². The summed E-state index contributed by atoms with van der Waals surface area (Å²) < 4.78 is 0. The zero-order chi connectivity index (χ0) is 23.7. The second-order valence-corrected chi connectivity index (χ2v) is 9.98.